The second-order valence-corrected chi connectivity index (χ2v) is 4.78. The van der Waals surface area contributed by atoms with Gasteiger partial charge in [-0.25, -0.2) is 22.3 Å². The molecule has 0 fully saturated rings. The van der Waals surface area contributed by atoms with Crippen LogP contribution in [0, 0.1) is 6.92 Å². The van der Waals surface area contributed by atoms with E-state index in [1.54, 1.807) is 6.92 Å². The fraction of sp³-hybridized carbons (Fsp3) is 0.333. The molecule has 0 aliphatic carbocycles. The molecule has 0 unspecified atom stereocenters. The highest BCUT2D eigenvalue weighted by Crippen LogP contribution is 2.19. The Balaban J connectivity index is 3.27. The van der Waals surface area contributed by atoms with Crippen LogP contribution in [0.1, 0.15) is 11.1 Å². The summed E-state index contributed by atoms with van der Waals surface area (Å²) in [6, 6.07) is 4.18. The van der Waals surface area contributed by atoms with Crippen LogP contribution in [0.5, 0.6) is 0 Å². The van der Waals surface area contributed by atoms with Crippen LogP contribution in [0.4, 0.5) is 8.78 Å². The molecule has 0 aliphatic heterocycles. The van der Waals surface area contributed by atoms with Gasteiger partial charge in [0.2, 0.25) is 16.4 Å². The number of nitrogens with two attached hydrogens (primary N) is 1. The number of aryl methyl sites for hydroxylation is 1. The van der Waals surface area contributed by atoms with Gasteiger partial charge in [-0.1, -0.05) is 17.7 Å². The van der Waals surface area contributed by atoms with Crippen LogP contribution in [0.15, 0.2) is 23.1 Å². The van der Waals surface area contributed by atoms with E-state index >= 15 is 0 Å². The van der Waals surface area contributed by atoms with Crippen molar-refractivity contribution in [1.29, 1.82) is 0 Å². The summed E-state index contributed by atoms with van der Waals surface area (Å²) < 4.78 is 46.5. The minimum atomic E-state index is -3.93. The fourth-order valence-electron chi connectivity index (χ4n) is 1.31. The Hall–Kier alpha value is -1.01. The van der Waals surface area contributed by atoms with Crippen LogP contribution < -0.4 is 5.14 Å². The molecule has 0 aromatic heterocycles. The van der Waals surface area contributed by atoms with Crippen molar-refractivity contribution in [3.05, 3.63) is 29.3 Å². The Bertz CT molecular complexity index is 457. The lowest BCUT2D eigenvalue weighted by atomic mass is 10.1. The Morgan fingerprint density at radius 3 is 2.47 bits per heavy atom. The van der Waals surface area contributed by atoms with Crippen LogP contribution in [-0.2, 0) is 16.4 Å². The zero-order chi connectivity index (χ0) is 11.6. The smallest absolute Gasteiger partial charge is 0.225 e. The highest BCUT2D eigenvalue weighted by Gasteiger charge is 2.16. The zero-order valence-electron chi connectivity index (χ0n) is 8.07. The van der Waals surface area contributed by atoms with Crippen molar-refractivity contribution in [2.75, 3.05) is 0 Å². The SMILES string of the molecule is Cc1ccc(S(N)(=O)=O)c(CC(F)F)c1. The standard InChI is InChI=1S/C9H11F2NO2S/c1-6-2-3-8(15(12,13)14)7(4-6)5-9(10)11/h2-4,9H,5H2,1H3,(H2,12,13,14). The molecule has 0 bridgehead atoms. The van der Waals surface area contributed by atoms with E-state index in [1.807, 2.05) is 0 Å². The van der Waals surface area contributed by atoms with Crippen molar-refractivity contribution in [2.24, 2.45) is 5.14 Å². The second-order valence-electron chi connectivity index (χ2n) is 3.25. The lowest BCUT2D eigenvalue weighted by Gasteiger charge is -2.08. The quantitative estimate of drug-likeness (QED) is 0.862. The van der Waals surface area contributed by atoms with Gasteiger partial charge in [0, 0.05) is 6.42 Å². The summed E-state index contributed by atoms with van der Waals surface area (Å²) in [6.07, 6.45) is -3.19. The normalized spacial score (nSPS) is 12.1. The predicted molar refractivity (Wildman–Crippen MR) is 52.3 cm³/mol. The molecule has 0 spiro atoms. The van der Waals surface area contributed by atoms with Gasteiger partial charge in [0.1, 0.15) is 0 Å². The Morgan fingerprint density at radius 2 is 2.00 bits per heavy atom. The largest absolute Gasteiger partial charge is 0.242 e. The highest BCUT2D eigenvalue weighted by molar-refractivity contribution is 7.89. The third-order valence-corrected chi connectivity index (χ3v) is 2.91. The third kappa shape index (κ3) is 3.24. The molecule has 3 nitrogen and oxygen atoms in total. The van der Waals surface area contributed by atoms with Gasteiger partial charge in [-0.05, 0) is 18.6 Å². The van der Waals surface area contributed by atoms with Gasteiger partial charge in [-0.15, -0.1) is 0 Å². The van der Waals surface area contributed by atoms with Gasteiger partial charge < -0.3 is 0 Å². The van der Waals surface area contributed by atoms with Gasteiger partial charge >= 0.3 is 0 Å². The summed E-state index contributed by atoms with van der Waals surface area (Å²) in [5.41, 5.74) is 0.783. The van der Waals surface area contributed by atoms with Gasteiger partial charge in [-0.2, -0.15) is 0 Å². The summed E-state index contributed by atoms with van der Waals surface area (Å²) in [5, 5.41) is 4.91. The molecule has 0 heterocycles. The van der Waals surface area contributed by atoms with E-state index in [2.05, 4.69) is 0 Å². The summed E-state index contributed by atoms with van der Waals surface area (Å²) in [5.74, 6) is 0. The van der Waals surface area contributed by atoms with Crippen molar-refractivity contribution in [3.63, 3.8) is 0 Å². The molecule has 0 radical (unpaired) electrons. The minimum absolute atomic E-state index is 0.0625. The van der Waals surface area contributed by atoms with Crippen molar-refractivity contribution >= 4 is 10.0 Å². The summed E-state index contributed by atoms with van der Waals surface area (Å²) in [6.45, 7) is 1.70. The number of halogens is 2. The molecule has 0 saturated carbocycles. The van der Waals surface area contributed by atoms with Crippen molar-refractivity contribution in [1.82, 2.24) is 0 Å². The molecule has 15 heavy (non-hydrogen) atoms. The number of alkyl halides is 2. The molecule has 0 saturated heterocycles. The monoisotopic (exact) mass is 235 g/mol. The first-order valence-corrected chi connectivity index (χ1v) is 5.76. The fourth-order valence-corrected chi connectivity index (χ4v) is 2.08. The van der Waals surface area contributed by atoms with E-state index in [0.29, 0.717) is 0 Å². The first kappa shape index (κ1) is 12.1. The maximum Gasteiger partial charge on any atom is 0.242 e. The molecule has 2 N–H and O–H groups in total. The zero-order valence-corrected chi connectivity index (χ0v) is 8.89. The van der Waals surface area contributed by atoms with Crippen LogP contribution in [0.2, 0.25) is 0 Å². The van der Waals surface area contributed by atoms with E-state index in [1.165, 1.54) is 18.2 Å². The van der Waals surface area contributed by atoms with Crippen LogP contribution in [0.25, 0.3) is 0 Å². The molecular weight excluding hydrogens is 224 g/mol. The lowest BCUT2D eigenvalue weighted by Crippen LogP contribution is -2.15. The predicted octanol–water partition coefficient (Wildman–Crippen LogP) is 1.45. The van der Waals surface area contributed by atoms with E-state index in [-0.39, 0.29) is 10.5 Å². The average molecular weight is 235 g/mol. The number of primary sulfonamides is 1. The number of rotatable bonds is 3. The van der Waals surface area contributed by atoms with Crippen LogP contribution >= 0.6 is 0 Å². The molecule has 1 aromatic rings. The average Bonchev–Trinajstić information content (AvgIpc) is 1.99. The van der Waals surface area contributed by atoms with Crippen LogP contribution in [-0.4, -0.2) is 14.8 Å². The van der Waals surface area contributed by atoms with E-state index in [4.69, 9.17) is 5.14 Å². The van der Waals surface area contributed by atoms with Gasteiger partial charge in [0.05, 0.1) is 4.90 Å². The number of hydrogen-bond acceptors (Lipinski definition) is 2. The summed E-state index contributed by atoms with van der Waals surface area (Å²) in [4.78, 5) is -0.228. The van der Waals surface area contributed by atoms with Crippen molar-refractivity contribution < 1.29 is 17.2 Å². The molecule has 6 heteroatoms. The molecule has 1 aromatic carbocycles. The lowest BCUT2D eigenvalue weighted by molar-refractivity contribution is 0.148. The molecule has 0 atom stereocenters. The molecule has 0 amide bonds. The highest BCUT2D eigenvalue weighted by atomic mass is 32.2. The van der Waals surface area contributed by atoms with E-state index < -0.39 is 22.9 Å². The van der Waals surface area contributed by atoms with Gasteiger partial charge in [0.25, 0.3) is 0 Å². The molecular formula is C9H11F2NO2S. The Morgan fingerprint density at radius 1 is 1.40 bits per heavy atom. The number of benzene rings is 1. The first-order chi connectivity index (χ1) is 6.80. The van der Waals surface area contributed by atoms with Gasteiger partial charge in [0.15, 0.2) is 0 Å². The van der Waals surface area contributed by atoms with Gasteiger partial charge in [-0.3, -0.25) is 0 Å². The van der Waals surface area contributed by atoms with Crippen molar-refractivity contribution in [2.45, 2.75) is 24.7 Å². The maximum atomic E-state index is 12.2. The minimum Gasteiger partial charge on any atom is -0.225 e. The Kier molecular flexibility index (Phi) is 3.41. The summed E-state index contributed by atoms with van der Waals surface area (Å²) in [7, 11) is -3.93. The maximum absolute atomic E-state index is 12.2. The summed E-state index contributed by atoms with van der Waals surface area (Å²) >= 11 is 0. The topological polar surface area (TPSA) is 60.2 Å². The molecule has 1 rings (SSSR count). The molecule has 84 valence electrons. The van der Waals surface area contributed by atoms with E-state index in [9.17, 15) is 17.2 Å². The number of sulfonamides is 1. The van der Waals surface area contributed by atoms with E-state index in [0.717, 1.165) is 5.56 Å². The van der Waals surface area contributed by atoms with Crippen LogP contribution in [0.3, 0.4) is 0 Å². The second kappa shape index (κ2) is 4.24. The first-order valence-electron chi connectivity index (χ1n) is 4.21. The Labute approximate surface area is 87.0 Å². The molecule has 0 aliphatic rings. The van der Waals surface area contributed by atoms with Crippen molar-refractivity contribution in [3.8, 4) is 0 Å². The number of hydrogen-bond donors (Lipinski definition) is 1. The third-order valence-electron chi connectivity index (χ3n) is 1.90.